The highest BCUT2D eigenvalue weighted by atomic mass is 32.1. The lowest BCUT2D eigenvalue weighted by atomic mass is 10.0. The minimum atomic E-state index is -0.998. The zero-order valence-electron chi connectivity index (χ0n) is 36.7. The van der Waals surface area contributed by atoms with E-state index in [1.165, 1.54) is 16.1 Å². The van der Waals surface area contributed by atoms with Gasteiger partial charge in [-0.3, -0.25) is 38.8 Å². The molecule has 0 fully saturated rings. The summed E-state index contributed by atoms with van der Waals surface area (Å²) in [5.74, 6) is -2.30. The van der Waals surface area contributed by atoms with E-state index in [0.29, 0.717) is 76.7 Å². The number of unbranched alkanes of at least 4 members (excludes halogenated alkanes) is 4. The summed E-state index contributed by atoms with van der Waals surface area (Å²) in [6.07, 6.45) is 9.07. The molecule has 0 radical (unpaired) electrons. The average molecular weight is 910 g/mol. The Balaban J connectivity index is 3.35. The molecule has 358 valence electrons. The second-order valence-corrected chi connectivity index (χ2v) is 15.3. The molecule has 1 rings (SSSR count). The van der Waals surface area contributed by atoms with Gasteiger partial charge in [0.05, 0.1) is 12.4 Å². The van der Waals surface area contributed by atoms with Gasteiger partial charge in [-0.25, -0.2) is 4.98 Å². The number of aryl methyl sites for hydroxylation is 1. The number of nitrogens with one attached hydrogen (secondary N) is 5. The van der Waals surface area contributed by atoms with Crippen molar-refractivity contribution in [2.45, 2.75) is 108 Å². The van der Waals surface area contributed by atoms with E-state index >= 15 is 0 Å². The number of H-pyrrole nitrogens is 1. The number of carbonyl (C=O) groups is 6. The number of amides is 6. The van der Waals surface area contributed by atoms with E-state index in [1.54, 1.807) is 6.20 Å². The van der Waals surface area contributed by atoms with Crippen LogP contribution in [0.5, 0.6) is 0 Å². The Morgan fingerprint density at radius 2 is 1.17 bits per heavy atom. The first-order valence-electron chi connectivity index (χ1n) is 21.8. The van der Waals surface area contributed by atoms with Crippen LogP contribution in [0.15, 0.2) is 22.5 Å². The van der Waals surface area contributed by atoms with Gasteiger partial charge in [-0.15, -0.1) is 0 Å². The van der Waals surface area contributed by atoms with E-state index < -0.39 is 35.8 Å². The number of aromatic amines is 1. The third kappa shape index (κ3) is 25.5. The largest absolute Gasteiger partial charge is 0.370 e. The van der Waals surface area contributed by atoms with Crippen LogP contribution in [-0.4, -0.2) is 156 Å². The van der Waals surface area contributed by atoms with Gasteiger partial charge in [-0.2, -0.15) is 12.6 Å². The van der Waals surface area contributed by atoms with E-state index in [0.717, 1.165) is 12.8 Å². The molecular formula is C39H75N17O6S. The van der Waals surface area contributed by atoms with Gasteiger partial charge < -0.3 is 76.2 Å². The number of aromatic nitrogens is 2. The smallest absolute Gasteiger partial charge is 0.242 e. The molecular weight excluding hydrogens is 835 g/mol. The molecule has 23 nitrogen and oxygen atoms in total. The van der Waals surface area contributed by atoms with E-state index in [4.69, 9.17) is 40.1 Å². The van der Waals surface area contributed by atoms with Crippen LogP contribution in [-0.2, 0) is 35.2 Å². The number of thiol groups is 1. The van der Waals surface area contributed by atoms with Crippen LogP contribution >= 0.6 is 12.6 Å². The third-order valence-electron chi connectivity index (χ3n) is 9.81. The van der Waals surface area contributed by atoms with Crippen molar-refractivity contribution in [3.8, 4) is 0 Å². The summed E-state index contributed by atoms with van der Waals surface area (Å²) < 4.78 is 0. The Morgan fingerprint density at radius 1 is 0.651 bits per heavy atom. The van der Waals surface area contributed by atoms with Crippen LogP contribution in [0.2, 0.25) is 0 Å². The second kappa shape index (κ2) is 34.3. The summed E-state index contributed by atoms with van der Waals surface area (Å²) in [5, 5.41) is 11.3. The topological polar surface area (TPSA) is 393 Å². The molecule has 1 aromatic heterocycles. The molecule has 0 aliphatic rings. The summed E-state index contributed by atoms with van der Waals surface area (Å²) >= 11 is 4.08. The van der Waals surface area contributed by atoms with Crippen molar-refractivity contribution in [2.75, 3.05) is 71.2 Å². The molecule has 3 atom stereocenters. The summed E-state index contributed by atoms with van der Waals surface area (Å²) in [6.45, 7) is 1.61. The zero-order chi connectivity index (χ0) is 46.8. The highest BCUT2D eigenvalue weighted by molar-refractivity contribution is 7.80. The molecule has 0 aliphatic carbocycles. The number of hydrogen-bond donors (Lipinski definition) is 13. The Labute approximate surface area is 376 Å². The Hall–Kier alpha value is -5.20. The van der Waals surface area contributed by atoms with Gasteiger partial charge >= 0.3 is 0 Å². The molecule has 0 spiro atoms. The van der Waals surface area contributed by atoms with E-state index in [9.17, 15) is 28.8 Å². The first-order valence-corrected chi connectivity index (χ1v) is 22.4. The predicted octanol–water partition coefficient (Wildman–Crippen LogP) is -3.40. The molecule has 0 aliphatic heterocycles. The fourth-order valence-corrected chi connectivity index (χ4v) is 6.58. The highest BCUT2D eigenvalue weighted by Gasteiger charge is 2.32. The number of imidazole rings is 1. The van der Waals surface area contributed by atoms with E-state index in [2.05, 4.69) is 53.8 Å². The van der Waals surface area contributed by atoms with Crippen LogP contribution in [0.4, 0.5) is 0 Å². The van der Waals surface area contributed by atoms with Gasteiger partial charge in [-0.05, 0) is 77.3 Å². The van der Waals surface area contributed by atoms with Gasteiger partial charge in [0.1, 0.15) is 12.1 Å². The van der Waals surface area contributed by atoms with Crippen molar-refractivity contribution >= 4 is 60.0 Å². The maximum Gasteiger partial charge on any atom is 0.242 e. The number of nitrogens with zero attached hydrogens (tertiary/aromatic N) is 5. The van der Waals surface area contributed by atoms with Gasteiger partial charge in [0.25, 0.3) is 0 Å². The second-order valence-electron chi connectivity index (χ2n) is 14.9. The van der Waals surface area contributed by atoms with Gasteiger partial charge in [0.2, 0.25) is 35.4 Å². The molecule has 1 aromatic rings. The van der Waals surface area contributed by atoms with Crippen LogP contribution in [0, 0.1) is 0 Å². The minimum Gasteiger partial charge on any atom is -0.370 e. The molecule has 63 heavy (non-hydrogen) atoms. The fraction of sp³-hybridized carbons (Fsp3) is 0.718. The first-order chi connectivity index (χ1) is 30.2. The minimum absolute atomic E-state index is 0.00344. The maximum absolute atomic E-state index is 14.2. The number of nitrogens with two attached hydrogens (primary N) is 7. The molecule has 0 saturated carbocycles. The van der Waals surface area contributed by atoms with Crippen molar-refractivity contribution in [1.82, 2.24) is 41.0 Å². The van der Waals surface area contributed by atoms with E-state index in [-0.39, 0.29) is 107 Å². The molecule has 0 aromatic carbocycles. The normalized spacial score (nSPS) is 12.3. The third-order valence-corrected chi connectivity index (χ3v) is 10.2. The SMILES string of the molecule is NCCCCCC(=O)NCCNC(=O)C(CCCN=C(N)N)N(CCNC(=O)C(CCCCN)N(CCNC(=O)C(N)CS)C(=O)CCCCN=C(N)N)C(=O)CCc1cnc[nH]1. The van der Waals surface area contributed by atoms with Crippen LogP contribution in [0.1, 0.15) is 89.2 Å². The Bertz CT molecular complexity index is 1540. The molecule has 6 amide bonds. The van der Waals surface area contributed by atoms with Crippen LogP contribution < -0.4 is 61.4 Å². The number of carbonyl (C=O) groups excluding carboxylic acids is 6. The fourth-order valence-electron chi connectivity index (χ4n) is 6.42. The monoisotopic (exact) mass is 910 g/mol. The van der Waals surface area contributed by atoms with Crippen LogP contribution in [0.25, 0.3) is 0 Å². The first kappa shape index (κ1) is 55.8. The van der Waals surface area contributed by atoms with Gasteiger partial charge in [-0.1, -0.05) is 6.42 Å². The number of aliphatic imine (C=N–C) groups is 2. The molecule has 24 heteroatoms. The Morgan fingerprint density at radius 3 is 1.75 bits per heavy atom. The molecule has 0 saturated heterocycles. The van der Waals surface area contributed by atoms with E-state index in [1.807, 2.05) is 0 Å². The molecule has 0 bridgehead atoms. The summed E-state index contributed by atoms with van der Waals surface area (Å²) in [7, 11) is 0. The van der Waals surface area contributed by atoms with Crippen molar-refractivity contribution < 1.29 is 28.8 Å². The molecule has 1 heterocycles. The quantitative estimate of drug-likeness (QED) is 0.0135. The predicted molar refractivity (Wildman–Crippen MR) is 247 cm³/mol. The van der Waals surface area contributed by atoms with Crippen molar-refractivity contribution in [3.63, 3.8) is 0 Å². The zero-order valence-corrected chi connectivity index (χ0v) is 37.6. The molecule has 19 N–H and O–H groups in total. The number of rotatable bonds is 36. The number of hydrogen-bond acceptors (Lipinski definition) is 13. The van der Waals surface area contributed by atoms with Gasteiger partial charge in [0.15, 0.2) is 11.9 Å². The lowest BCUT2D eigenvalue weighted by molar-refractivity contribution is -0.142. The highest BCUT2D eigenvalue weighted by Crippen LogP contribution is 2.15. The number of guanidine groups is 2. The lowest BCUT2D eigenvalue weighted by Crippen LogP contribution is -2.55. The van der Waals surface area contributed by atoms with Crippen LogP contribution in [0.3, 0.4) is 0 Å². The van der Waals surface area contributed by atoms with Crippen molar-refractivity contribution in [1.29, 1.82) is 0 Å². The average Bonchev–Trinajstić information content (AvgIpc) is 3.78. The summed E-state index contributed by atoms with van der Waals surface area (Å²) in [6, 6.07) is -2.82. The summed E-state index contributed by atoms with van der Waals surface area (Å²) in [5.41, 5.74) is 39.8. The summed E-state index contributed by atoms with van der Waals surface area (Å²) in [4.78, 5) is 98.5. The molecule has 3 unspecified atom stereocenters. The Kier molecular flexibility index (Phi) is 30.4. The standard InChI is InChI=1S/C39H75N17O6S/c40-15-5-1-2-11-32(57)48-19-20-49-36(61)31(10-8-18-53-39(45)46)56(34(59)14-13-28-25-47-27-54-28)24-22-51-37(62)30(9-3-6-16-41)55(23-21-50-35(60)29(42)26-63)33(58)12-4-7-17-52-38(43)44/h25,27,29-31,63H,1-24,26,40-42H2,(H,47,54)(H,48,57)(H,49,61)(H,50,60)(H,51,62)(H4,43,44,52)(H4,45,46,53). The maximum atomic E-state index is 14.2. The van der Waals surface area contributed by atoms with Crippen molar-refractivity contribution in [2.24, 2.45) is 50.1 Å². The van der Waals surface area contributed by atoms with Crippen molar-refractivity contribution in [3.05, 3.63) is 18.2 Å². The lowest BCUT2D eigenvalue weighted by Gasteiger charge is -2.33. The van der Waals surface area contributed by atoms with Gasteiger partial charge in [0, 0.05) is 89.3 Å².